The van der Waals surface area contributed by atoms with Gasteiger partial charge in [-0.3, -0.25) is 0 Å². The Labute approximate surface area is 73.3 Å². The molecule has 0 aliphatic heterocycles. The third-order valence-electron chi connectivity index (χ3n) is 3.15. The van der Waals surface area contributed by atoms with Crippen molar-refractivity contribution in [2.75, 3.05) is 6.54 Å². The van der Waals surface area contributed by atoms with Crippen LogP contribution in [0, 0.1) is 5.92 Å². The van der Waals surface area contributed by atoms with Crippen molar-refractivity contribution in [2.45, 2.75) is 43.9 Å². The van der Waals surface area contributed by atoms with E-state index in [1.54, 1.807) is 0 Å². The van der Waals surface area contributed by atoms with Crippen LogP contribution < -0.4 is 11.1 Å². The van der Waals surface area contributed by atoms with Crippen molar-refractivity contribution >= 4 is 0 Å². The van der Waals surface area contributed by atoms with E-state index in [9.17, 15) is 0 Å². The van der Waals surface area contributed by atoms with Gasteiger partial charge in [-0.25, -0.2) is 0 Å². The third kappa shape index (κ3) is 1.63. The molecule has 70 valence electrons. The first kappa shape index (κ1) is 8.48. The molecule has 2 fully saturated rings. The van der Waals surface area contributed by atoms with Crippen molar-refractivity contribution in [1.82, 2.24) is 5.32 Å². The summed E-state index contributed by atoms with van der Waals surface area (Å²) in [6.45, 7) is 0.839. The fourth-order valence-corrected chi connectivity index (χ4v) is 2.12. The van der Waals surface area contributed by atoms with E-state index in [-0.39, 0.29) is 6.10 Å². The van der Waals surface area contributed by atoms with Gasteiger partial charge in [-0.2, -0.15) is 0 Å². The van der Waals surface area contributed by atoms with Gasteiger partial charge in [-0.05, 0) is 38.1 Å². The van der Waals surface area contributed by atoms with E-state index in [2.05, 4.69) is 5.32 Å². The van der Waals surface area contributed by atoms with Crippen molar-refractivity contribution in [2.24, 2.45) is 11.7 Å². The highest BCUT2D eigenvalue weighted by molar-refractivity contribution is 4.92. The lowest BCUT2D eigenvalue weighted by molar-refractivity contribution is 0.0471. The highest BCUT2D eigenvalue weighted by Crippen LogP contribution is 2.29. The predicted octanol–water partition coefficient (Wildman–Crippen LogP) is -0.163. The minimum atomic E-state index is -0.0344. The van der Waals surface area contributed by atoms with Crippen LogP contribution in [-0.2, 0) is 0 Å². The van der Waals surface area contributed by atoms with Crippen molar-refractivity contribution in [3.8, 4) is 0 Å². The molecule has 2 aliphatic rings. The van der Waals surface area contributed by atoms with Gasteiger partial charge in [0.25, 0.3) is 0 Å². The van der Waals surface area contributed by atoms with E-state index < -0.39 is 0 Å². The summed E-state index contributed by atoms with van der Waals surface area (Å²) in [7, 11) is 0. The number of nitrogens with two attached hydrogens (primary N) is 1. The molecule has 2 aliphatic carbocycles. The first-order chi connectivity index (χ1) is 5.78. The zero-order valence-electron chi connectivity index (χ0n) is 7.37. The molecule has 12 heavy (non-hydrogen) atoms. The van der Waals surface area contributed by atoms with Crippen molar-refractivity contribution < 1.29 is 5.11 Å². The molecule has 0 unspecified atom stereocenters. The molecular weight excluding hydrogens is 152 g/mol. The second-order valence-electron chi connectivity index (χ2n) is 4.26. The maximum absolute atomic E-state index is 9.06. The van der Waals surface area contributed by atoms with E-state index in [0.29, 0.717) is 12.1 Å². The van der Waals surface area contributed by atoms with Gasteiger partial charge in [-0.1, -0.05) is 0 Å². The molecule has 0 amide bonds. The summed E-state index contributed by atoms with van der Waals surface area (Å²) in [5, 5.41) is 12.6. The Kier molecular flexibility index (Phi) is 2.35. The Hall–Kier alpha value is -0.120. The molecule has 0 heterocycles. The largest absolute Gasteiger partial charge is 0.393 e. The van der Waals surface area contributed by atoms with E-state index in [0.717, 1.165) is 25.3 Å². The Bertz CT molecular complexity index is 151. The average Bonchev–Trinajstić information content (AvgIpc) is 1.91. The van der Waals surface area contributed by atoms with Crippen LogP contribution in [0.5, 0.6) is 0 Å². The van der Waals surface area contributed by atoms with Gasteiger partial charge in [-0.15, -0.1) is 0 Å². The minimum Gasteiger partial charge on any atom is -0.393 e. The van der Waals surface area contributed by atoms with Crippen molar-refractivity contribution in [1.29, 1.82) is 0 Å². The monoisotopic (exact) mass is 170 g/mol. The summed E-state index contributed by atoms with van der Waals surface area (Å²) in [6, 6.07) is 1.28. The van der Waals surface area contributed by atoms with E-state index in [1.165, 1.54) is 12.8 Å². The van der Waals surface area contributed by atoms with Crippen LogP contribution in [0.4, 0.5) is 0 Å². The van der Waals surface area contributed by atoms with Gasteiger partial charge < -0.3 is 16.2 Å². The van der Waals surface area contributed by atoms with Crippen molar-refractivity contribution in [3.05, 3.63) is 0 Å². The standard InChI is InChI=1S/C9H18N2O/c10-5-6-1-7(2-6)11-8-3-9(12)4-8/h6-9,11-12H,1-5,10H2. The highest BCUT2D eigenvalue weighted by Gasteiger charge is 2.33. The van der Waals surface area contributed by atoms with Crippen LogP contribution in [0.2, 0.25) is 0 Å². The van der Waals surface area contributed by atoms with Crippen LogP contribution in [0.15, 0.2) is 0 Å². The number of nitrogens with one attached hydrogen (secondary N) is 1. The second kappa shape index (κ2) is 3.32. The zero-order valence-corrected chi connectivity index (χ0v) is 7.37. The SMILES string of the molecule is NCC1CC(NC2CC(O)C2)C1. The Morgan fingerprint density at radius 3 is 2.25 bits per heavy atom. The van der Waals surface area contributed by atoms with Gasteiger partial charge in [0.2, 0.25) is 0 Å². The Balaban J connectivity index is 1.58. The number of aliphatic hydroxyl groups excluding tert-OH is 1. The molecule has 0 aromatic rings. The lowest BCUT2D eigenvalue weighted by Gasteiger charge is -2.42. The van der Waals surface area contributed by atoms with Crippen molar-refractivity contribution in [3.63, 3.8) is 0 Å². The van der Waals surface area contributed by atoms with Gasteiger partial charge in [0, 0.05) is 12.1 Å². The molecule has 0 aromatic carbocycles. The van der Waals surface area contributed by atoms with Crippen LogP contribution in [0.1, 0.15) is 25.7 Å². The summed E-state index contributed by atoms with van der Waals surface area (Å²) in [5.41, 5.74) is 5.53. The topological polar surface area (TPSA) is 58.3 Å². The lowest BCUT2D eigenvalue weighted by atomic mass is 9.78. The summed E-state index contributed by atoms with van der Waals surface area (Å²) in [5.74, 6) is 0.757. The fourth-order valence-electron chi connectivity index (χ4n) is 2.12. The highest BCUT2D eigenvalue weighted by atomic mass is 16.3. The molecule has 3 heteroatoms. The van der Waals surface area contributed by atoms with Crippen LogP contribution in [0.3, 0.4) is 0 Å². The number of hydrogen-bond donors (Lipinski definition) is 3. The minimum absolute atomic E-state index is 0.0344. The molecule has 0 bridgehead atoms. The molecule has 2 saturated carbocycles. The van der Waals surface area contributed by atoms with Crippen LogP contribution in [-0.4, -0.2) is 29.8 Å². The number of aliphatic hydroxyl groups is 1. The Morgan fingerprint density at radius 2 is 1.75 bits per heavy atom. The summed E-state index contributed by atoms with van der Waals surface area (Å²) >= 11 is 0. The van der Waals surface area contributed by atoms with Crippen LogP contribution in [0.25, 0.3) is 0 Å². The number of rotatable bonds is 3. The van der Waals surface area contributed by atoms with Gasteiger partial charge in [0.15, 0.2) is 0 Å². The van der Waals surface area contributed by atoms with E-state index in [1.807, 2.05) is 0 Å². The summed E-state index contributed by atoms with van der Waals surface area (Å²) in [4.78, 5) is 0. The quantitative estimate of drug-likeness (QED) is 0.551. The molecular formula is C9H18N2O. The Morgan fingerprint density at radius 1 is 1.17 bits per heavy atom. The molecule has 2 rings (SSSR count). The van der Waals surface area contributed by atoms with Gasteiger partial charge >= 0.3 is 0 Å². The molecule has 0 atom stereocenters. The maximum Gasteiger partial charge on any atom is 0.0570 e. The van der Waals surface area contributed by atoms with E-state index >= 15 is 0 Å². The smallest absolute Gasteiger partial charge is 0.0570 e. The van der Waals surface area contributed by atoms with Gasteiger partial charge in [0.05, 0.1) is 6.10 Å². The molecule has 0 spiro atoms. The summed E-state index contributed by atoms with van der Waals surface area (Å²) < 4.78 is 0. The first-order valence-corrected chi connectivity index (χ1v) is 4.92. The molecule has 0 saturated heterocycles. The second-order valence-corrected chi connectivity index (χ2v) is 4.26. The normalized spacial score (nSPS) is 46.5. The average molecular weight is 170 g/mol. The van der Waals surface area contributed by atoms with Gasteiger partial charge in [0.1, 0.15) is 0 Å². The zero-order chi connectivity index (χ0) is 8.55. The summed E-state index contributed by atoms with van der Waals surface area (Å²) in [6.07, 6.45) is 4.34. The molecule has 4 N–H and O–H groups in total. The molecule has 0 aromatic heterocycles. The fraction of sp³-hybridized carbons (Fsp3) is 1.00. The number of hydrogen-bond acceptors (Lipinski definition) is 3. The third-order valence-corrected chi connectivity index (χ3v) is 3.15. The van der Waals surface area contributed by atoms with Crippen LogP contribution >= 0.6 is 0 Å². The lowest BCUT2D eigenvalue weighted by Crippen LogP contribution is -2.53. The maximum atomic E-state index is 9.06. The molecule has 0 radical (unpaired) electrons. The predicted molar refractivity (Wildman–Crippen MR) is 47.7 cm³/mol. The first-order valence-electron chi connectivity index (χ1n) is 4.92. The molecule has 3 nitrogen and oxygen atoms in total. The van der Waals surface area contributed by atoms with E-state index in [4.69, 9.17) is 10.8 Å².